The fourth-order valence-corrected chi connectivity index (χ4v) is 4.16. The second kappa shape index (κ2) is 11.2. The molecule has 2 N–H and O–H groups in total. The predicted octanol–water partition coefficient (Wildman–Crippen LogP) is 4.47. The number of hydrogen-bond acceptors (Lipinski definition) is 5. The Morgan fingerprint density at radius 1 is 1.24 bits per heavy atom. The third-order valence-electron chi connectivity index (χ3n) is 4.40. The minimum Gasteiger partial charge on any atom is -0.345 e. The van der Waals surface area contributed by atoms with E-state index < -0.39 is 17.5 Å². The number of nitrogens with one attached hydrogen (secondary N) is 2. The Labute approximate surface area is 201 Å². The molecule has 3 aromatic rings. The van der Waals surface area contributed by atoms with Crippen molar-refractivity contribution in [1.29, 1.82) is 0 Å². The number of rotatable bonds is 9. The average Bonchev–Trinajstić information content (AvgIpc) is 3.15. The van der Waals surface area contributed by atoms with Crippen LogP contribution in [0.4, 0.5) is 14.5 Å². The van der Waals surface area contributed by atoms with Gasteiger partial charge < -0.3 is 15.2 Å². The van der Waals surface area contributed by atoms with Crippen molar-refractivity contribution < 1.29 is 18.4 Å². The Bertz CT molecular complexity index is 1180. The summed E-state index contributed by atoms with van der Waals surface area (Å²) in [5, 5.41) is 13.9. The lowest BCUT2D eigenvalue weighted by atomic mass is 10.1. The maximum absolute atomic E-state index is 13.9. The zero-order valence-corrected chi connectivity index (χ0v) is 20.0. The van der Waals surface area contributed by atoms with E-state index in [1.54, 1.807) is 28.8 Å². The number of allylic oxidation sites excluding steroid dienone is 1. The molecular weight excluding hydrogens is 516 g/mol. The van der Waals surface area contributed by atoms with Gasteiger partial charge in [0.15, 0.2) is 16.8 Å². The Balaban J connectivity index is 1.64. The summed E-state index contributed by atoms with van der Waals surface area (Å²) >= 11 is 4.12. The van der Waals surface area contributed by atoms with Crippen molar-refractivity contribution >= 4 is 45.2 Å². The van der Waals surface area contributed by atoms with Crippen molar-refractivity contribution in [3.05, 3.63) is 82.1 Å². The molecule has 1 heterocycles. The molecule has 0 radical (unpaired) electrons. The Hall–Kier alpha value is -3.05. The molecule has 0 aliphatic heterocycles. The van der Waals surface area contributed by atoms with Gasteiger partial charge in [-0.15, -0.1) is 16.8 Å². The van der Waals surface area contributed by atoms with Crippen LogP contribution in [0.5, 0.6) is 0 Å². The minimum atomic E-state index is -0.887. The summed E-state index contributed by atoms with van der Waals surface area (Å²) in [6.45, 7) is 6.12. The van der Waals surface area contributed by atoms with Crippen LogP contribution in [-0.2, 0) is 17.9 Å². The van der Waals surface area contributed by atoms with Gasteiger partial charge >= 0.3 is 0 Å². The lowest BCUT2D eigenvalue weighted by molar-refractivity contribution is -0.113. The molecule has 2 amide bonds. The quantitative estimate of drug-likeness (QED) is 0.311. The Morgan fingerprint density at radius 2 is 2.03 bits per heavy atom. The zero-order valence-electron chi connectivity index (χ0n) is 17.6. The number of carbonyl (C=O) groups is 2. The van der Waals surface area contributed by atoms with Crippen LogP contribution in [0.15, 0.2) is 58.7 Å². The molecule has 7 nitrogen and oxygen atoms in total. The first kappa shape index (κ1) is 24.6. The predicted molar refractivity (Wildman–Crippen MR) is 126 cm³/mol. The van der Waals surface area contributed by atoms with Crippen LogP contribution >= 0.6 is 27.7 Å². The number of amides is 2. The molecular formula is C22H20BrF2N5O2S. The van der Waals surface area contributed by atoms with E-state index in [0.29, 0.717) is 29.2 Å². The molecule has 0 fully saturated rings. The standard InChI is InChI=1S/C22H20BrF2N5O2S/c1-3-7-30-18(11-26-21(32)14-6-4-5-13(2)8-14)28-29-22(30)33-12-19(31)27-20-16(23)9-15(24)10-17(20)25/h3-6,8-10H,1,7,11-12H2,2H3,(H,26,32)(H,27,31). The zero-order chi connectivity index (χ0) is 24.0. The highest BCUT2D eigenvalue weighted by Crippen LogP contribution is 2.27. The highest BCUT2D eigenvalue weighted by atomic mass is 79.9. The number of hydrogen-bond donors (Lipinski definition) is 2. The number of nitrogens with zero attached hydrogens (tertiary/aromatic N) is 3. The number of halogens is 3. The maximum atomic E-state index is 13.9. The average molecular weight is 536 g/mol. The second-order valence-electron chi connectivity index (χ2n) is 6.93. The van der Waals surface area contributed by atoms with Gasteiger partial charge in [-0.05, 0) is 41.1 Å². The lowest BCUT2D eigenvalue weighted by Crippen LogP contribution is -2.25. The summed E-state index contributed by atoms with van der Waals surface area (Å²) in [6.07, 6.45) is 1.64. The summed E-state index contributed by atoms with van der Waals surface area (Å²) in [6, 6.07) is 8.96. The van der Waals surface area contributed by atoms with Gasteiger partial charge in [0, 0.05) is 22.6 Å². The first-order valence-corrected chi connectivity index (χ1v) is 11.5. The molecule has 0 saturated heterocycles. The van der Waals surface area contributed by atoms with Crippen molar-refractivity contribution in [3.63, 3.8) is 0 Å². The smallest absolute Gasteiger partial charge is 0.251 e. The van der Waals surface area contributed by atoms with E-state index >= 15 is 0 Å². The van der Waals surface area contributed by atoms with E-state index in [4.69, 9.17) is 0 Å². The molecule has 0 saturated carbocycles. The number of carbonyl (C=O) groups excluding carboxylic acids is 2. The van der Waals surface area contributed by atoms with Crippen LogP contribution in [0.25, 0.3) is 0 Å². The van der Waals surface area contributed by atoms with Crippen LogP contribution in [0, 0.1) is 18.6 Å². The monoisotopic (exact) mass is 535 g/mol. The second-order valence-corrected chi connectivity index (χ2v) is 8.73. The van der Waals surface area contributed by atoms with Crippen LogP contribution in [0.1, 0.15) is 21.7 Å². The first-order chi connectivity index (χ1) is 15.8. The molecule has 0 aliphatic carbocycles. The van der Waals surface area contributed by atoms with Gasteiger partial charge in [-0.2, -0.15) is 0 Å². The number of anilines is 1. The fraction of sp³-hybridized carbons (Fsp3) is 0.182. The van der Waals surface area contributed by atoms with Gasteiger partial charge in [0.25, 0.3) is 5.91 Å². The third-order valence-corrected chi connectivity index (χ3v) is 5.99. The van der Waals surface area contributed by atoms with Crippen molar-refractivity contribution in [3.8, 4) is 0 Å². The topological polar surface area (TPSA) is 88.9 Å². The third kappa shape index (κ3) is 6.48. The first-order valence-electron chi connectivity index (χ1n) is 9.73. The van der Waals surface area contributed by atoms with E-state index in [0.717, 1.165) is 23.4 Å². The molecule has 33 heavy (non-hydrogen) atoms. The molecule has 3 rings (SSSR count). The number of aryl methyl sites for hydroxylation is 1. The van der Waals surface area contributed by atoms with Crippen LogP contribution in [0.3, 0.4) is 0 Å². The molecule has 0 spiro atoms. The van der Waals surface area contributed by atoms with Crippen LogP contribution in [0.2, 0.25) is 0 Å². The molecule has 0 unspecified atom stereocenters. The summed E-state index contributed by atoms with van der Waals surface area (Å²) in [5.41, 5.74) is 1.37. The van der Waals surface area contributed by atoms with Gasteiger partial charge in [-0.25, -0.2) is 8.78 Å². The summed E-state index contributed by atoms with van der Waals surface area (Å²) in [4.78, 5) is 24.7. The highest BCUT2D eigenvalue weighted by Gasteiger charge is 2.17. The van der Waals surface area contributed by atoms with Crippen LogP contribution < -0.4 is 10.6 Å². The summed E-state index contributed by atoms with van der Waals surface area (Å²) in [7, 11) is 0. The fourth-order valence-electron chi connectivity index (χ4n) is 2.88. The minimum absolute atomic E-state index is 0.0891. The Kier molecular flexibility index (Phi) is 8.34. The van der Waals surface area contributed by atoms with Gasteiger partial charge in [0.2, 0.25) is 5.91 Å². The van der Waals surface area contributed by atoms with Gasteiger partial charge in [-0.3, -0.25) is 9.59 Å². The summed E-state index contributed by atoms with van der Waals surface area (Å²) in [5.74, 6) is -1.99. The molecule has 0 aliphatic rings. The van der Waals surface area contributed by atoms with Crippen LogP contribution in [-0.4, -0.2) is 32.3 Å². The molecule has 0 bridgehead atoms. The maximum Gasteiger partial charge on any atom is 0.251 e. The Morgan fingerprint density at radius 3 is 2.73 bits per heavy atom. The molecule has 172 valence electrons. The summed E-state index contributed by atoms with van der Waals surface area (Å²) < 4.78 is 29.0. The number of thioether (sulfide) groups is 1. The normalized spacial score (nSPS) is 10.7. The SMILES string of the molecule is C=CCn1c(CNC(=O)c2cccc(C)c2)nnc1SCC(=O)Nc1c(F)cc(F)cc1Br. The van der Waals surface area contributed by atoms with Gasteiger partial charge in [-0.1, -0.05) is 35.5 Å². The van der Waals surface area contributed by atoms with E-state index in [1.807, 2.05) is 13.0 Å². The molecule has 11 heteroatoms. The van der Waals surface area contributed by atoms with Crippen molar-refractivity contribution in [2.75, 3.05) is 11.1 Å². The number of aromatic nitrogens is 3. The number of benzene rings is 2. The van der Waals surface area contributed by atoms with E-state index in [2.05, 4.69) is 43.3 Å². The molecule has 1 aromatic heterocycles. The van der Waals surface area contributed by atoms with Gasteiger partial charge in [0.1, 0.15) is 5.82 Å². The highest BCUT2D eigenvalue weighted by molar-refractivity contribution is 9.10. The van der Waals surface area contributed by atoms with Crippen molar-refractivity contribution in [2.24, 2.45) is 0 Å². The van der Waals surface area contributed by atoms with E-state index in [9.17, 15) is 18.4 Å². The van der Waals surface area contributed by atoms with Crippen molar-refractivity contribution in [1.82, 2.24) is 20.1 Å². The van der Waals surface area contributed by atoms with Gasteiger partial charge in [0.05, 0.1) is 18.0 Å². The van der Waals surface area contributed by atoms with E-state index in [1.165, 1.54) is 0 Å². The van der Waals surface area contributed by atoms with Crippen molar-refractivity contribution in [2.45, 2.75) is 25.2 Å². The molecule has 2 aromatic carbocycles. The lowest BCUT2D eigenvalue weighted by Gasteiger charge is -2.10. The van der Waals surface area contributed by atoms with E-state index in [-0.39, 0.29) is 28.4 Å². The molecule has 0 atom stereocenters. The largest absolute Gasteiger partial charge is 0.345 e.